The van der Waals surface area contributed by atoms with Gasteiger partial charge in [-0.15, -0.1) is 0 Å². The topological polar surface area (TPSA) is 83.5 Å². The number of rotatable bonds is 5. The lowest BCUT2D eigenvalue weighted by Gasteiger charge is -2.09. The maximum Gasteiger partial charge on any atom is 0.335 e. The summed E-state index contributed by atoms with van der Waals surface area (Å²) in [6.45, 7) is 2.10. The summed E-state index contributed by atoms with van der Waals surface area (Å²) in [6.07, 6.45) is 0. The monoisotopic (exact) mass is 305 g/mol. The van der Waals surface area contributed by atoms with E-state index >= 15 is 0 Å². The molecule has 0 bridgehead atoms. The molecule has 6 heteroatoms. The molecule has 0 saturated carbocycles. The number of nitrogens with one attached hydrogen (secondary N) is 1. The van der Waals surface area contributed by atoms with E-state index in [9.17, 15) is 13.2 Å². The van der Waals surface area contributed by atoms with Crippen molar-refractivity contribution < 1.29 is 18.3 Å². The van der Waals surface area contributed by atoms with Crippen molar-refractivity contribution in [2.24, 2.45) is 0 Å². The standard InChI is InChI=1S/C15H15NO4S/c1-11-4-2-3-5-13(11)10-16-21(19,20)14-8-6-12(7-9-14)15(17)18/h2-9,16H,10H2,1H3,(H,17,18). The number of aromatic carboxylic acids is 1. The molecule has 2 aromatic carbocycles. The van der Waals surface area contributed by atoms with Gasteiger partial charge in [-0.05, 0) is 42.3 Å². The molecule has 5 nitrogen and oxygen atoms in total. The number of aryl methyl sites for hydroxylation is 1. The SMILES string of the molecule is Cc1ccccc1CNS(=O)(=O)c1ccc(C(=O)O)cc1. The van der Waals surface area contributed by atoms with E-state index in [0.29, 0.717) is 0 Å². The van der Waals surface area contributed by atoms with Crippen molar-refractivity contribution in [2.75, 3.05) is 0 Å². The molecule has 0 aliphatic heterocycles. The minimum absolute atomic E-state index is 0.0427. The predicted octanol–water partition coefficient (Wildman–Crippen LogP) is 2.17. The van der Waals surface area contributed by atoms with Gasteiger partial charge >= 0.3 is 5.97 Å². The van der Waals surface area contributed by atoms with Crippen LogP contribution in [0.25, 0.3) is 0 Å². The van der Waals surface area contributed by atoms with E-state index in [1.165, 1.54) is 24.3 Å². The van der Waals surface area contributed by atoms with Crippen molar-refractivity contribution in [3.05, 3.63) is 65.2 Å². The summed E-state index contributed by atoms with van der Waals surface area (Å²) in [4.78, 5) is 10.8. The lowest BCUT2D eigenvalue weighted by Crippen LogP contribution is -2.23. The van der Waals surface area contributed by atoms with E-state index in [-0.39, 0.29) is 17.0 Å². The molecule has 0 saturated heterocycles. The van der Waals surface area contributed by atoms with E-state index in [0.717, 1.165) is 11.1 Å². The zero-order valence-corrected chi connectivity index (χ0v) is 12.2. The molecule has 0 fully saturated rings. The van der Waals surface area contributed by atoms with Crippen molar-refractivity contribution in [3.8, 4) is 0 Å². The molecule has 0 spiro atoms. The Balaban J connectivity index is 2.15. The minimum atomic E-state index is -3.66. The number of hydrogen-bond donors (Lipinski definition) is 2. The highest BCUT2D eigenvalue weighted by Crippen LogP contribution is 2.12. The highest BCUT2D eigenvalue weighted by molar-refractivity contribution is 7.89. The van der Waals surface area contributed by atoms with Crippen LogP contribution in [-0.2, 0) is 16.6 Å². The van der Waals surface area contributed by atoms with E-state index in [4.69, 9.17) is 5.11 Å². The van der Waals surface area contributed by atoms with Crippen molar-refractivity contribution in [1.29, 1.82) is 0 Å². The third-order valence-electron chi connectivity index (χ3n) is 3.13. The molecule has 21 heavy (non-hydrogen) atoms. The maximum absolute atomic E-state index is 12.1. The zero-order valence-electron chi connectivity index (χ0n) is 11.4. The van der Waals surface area contributed by atoms with Gasteiger partial charge in [0.2, 0.25) is 10.0 Å². The number of hydrogen-bond acceptors (Lipinski definition) is 3. The normalized spacial score (nSPS) is 11.3. The summed E-state index contributed by atoms with van der Waals surface area (Å²) >= 11 is 0. The van der Waals surface area contributed by atoms with Crippen molar-refractivity contribution in [1.82, 2.24) is 4.72 Å². The summed E-state index contributed by atoms with van der Waals surface area (Å²) in [7, 11) is -3.66. The Bertz CT molecular complexity index is 751. The number of sulfonamides is 1. The Kier molecular flexibility index (Phi) is 4.40. The largest absolute Gasteiger partial charge is 0.478 e. The summed E-state index contributed by atoms with van der Waals surface area (Å²) in [6, 6.07) is 12.6. The number of benzene rings is 2. The van der Waals surface area contributed by atoms with Gasteiger partial charge in [0.25, 0.3) is 0 Å². The van der Waals surface area contributed by atoms with Crippen LogP contribution in [0.1, 0.15) is 21.5 Å². The molecular weight excluding hydrogens is 290 g/mol. The Morgan fingerprint density at radius 3 is 2.29 bits per heavy atom. The van der Waals surface area contributed by atoms with Gasteiger partial charge in [-0.3, -0.25) is 0 Å². The van der Waals surface area contributed by atoms with Gasteiger partial charge in [0, 0.05) is 6.54 Å². The van der Waals surface area contributed by atoms with Crippen LogP contribution in [0.3, 0.4) is 0 Å². The lowest BCUT2D eigenvalue weighted by molar-refractivity contribution is 0.0696. The van der Waals surface area contributed by atoms with Gasteiger partial charge in [0.15, 0.2) is 0 Å². The van der Waals surface area contributed by atoms with E-state index < -0.39 is 16.0 Å². The first-order valence-electron chi connectivity index (χ1n) is 6.28. The van der Waals surface area contributed by atoms with E-state index in [2.05, 4.69) is 4.72 Å². The molecule has 2 aromatic rings. The molecule has 0 amide bonds. The molecule has 0 aromatic heterocycles. The van der Waals surface area contributed by atoms with Crippen molar-refractivity contribution in [3.63, 3.8) is 0 Å². The quantitative estimate of drug-likeness (QED) is 0.887. The molecule has 0 heterocycles. The molecule has 0 radical (unpaired) electrons. The molecule has 0 aliphatic carbocycles. The first-order chi connectivity index (χ1) is 9.90. The lowest BCUT2D eigenvalue weighted by atomic mass is 10.1. The molecule has 0 atom stereocenters. The second-order valence-corrected chi connectivity index (χ2v) is 6.35. The van der Waals surface area contributed by atoms with Gasteiger partial charge in [0.05, 0.1) is 10.5 Å². The van der Waals surface area contributed by atoms with Crippen molar-refractivity contribution >= 4 is 16.0 Å². The fourth-order valence-corrected chi connectivity index (χ4v) is 2.85. The summed E-state index contributed by atoms with van der Waals surface area (Å²) < 4.78 is 26.8. The van der Waals surface area contributed by atoms with Crippen LogP contribution in [0.2, 0.25) is 0 Å². The van der Waals surface area contributed by atoms with Gasteiger partial charge in [-0.2, -0.15) is 0 Å². The highest BCUT2D eigenvalue weighted by atomic mass is 32.2. The van der Waals surface area contributed by atoms with Crippen LogP contribution < -0.4 is 4.72 Å². The zero-order chi connectivity index (χ0) is 15.5. The second-order valence-electron chi connectivity index (χ2n) is 4.58. The Labute approximate surface area is 123 Å². The van der Waals surface area contributed by atoms with Crippen LogP contribution in [0.15, 0.2) is 53.4 Å². The van der Waals surface area contributed by atoms with Gasteiger partial charge in [0.1, 0.15) is 0 Å². The Morgan fingerprint density at radius 2 is 1.71 bits per heavy atom. The molecular formula is C15H15NO4S. The number of carbonyl (C=O) groups is 1. The van der Waals surface area contributed by atoms with E-state index in [1.54, 1.807) is 0 Å². The van der Waals surface area contributed by atoms with Crippen molar-refractivity contribution in [2.45, 2.75) is 18.4 Å². The van der Waals surface area contributed by atoms with Crippen LogP contribution in [0.5, 0.6) is 0 Å². The Hall–Kier alpha value is -2.18. The fourth-order valence-electron chi connectivity index (χ4n) is 1.84. The minimum Gasteiger partial charge on any atom is -0.478 e. The summed E-state index contributed by atoms with van der Waals surface area (Å²) in [5, 5.41) is 8.80. The molecule has 2 N–H and O–H groups in total. The van der Waals surface area contributed by atoms with Gasteiger partial charge in [-0.25, -0.2) is 17.9 Å². The maximum atomic E-state index is 12.1. The number of carboxylic acids is 1. The van der Waals surface area contributed by atoms with E-state index in [1.807, 2.05) is 31.2 Å². The number of carboxylic acid groups (broad SMARTS) is 1. The van der Waals surface area contributed by atoms with Crippen LogP contribution in [0.4, 0.5) is 0 Å². The fraction of sp³-hybridized carbons (Fsp3) is 0.133. The second kappa shape index (κ2) is 6.07. The van der Waals surface area contributed by atoms with Gasteiger partial charge in [-0.1, -0.05) is 24.3 Å². The summed E-state index contributed by atoms with van der Waals surface area (Å²) in [5.74, 6) is -1.09. The molecule has 2 rings (SSSR count). The molecule has 0 aliphatic rings. The third-order valence-corrected chi connectivity index (χ3v) is 4.54. The summed E-state index contributed by atoms with van der Waals surface area (Å²) in [5.41, 5.74) is 1.94. The van der Waals surface area contributed by atoms with Crippen LogP contribution in [0, 0.1) is 6.92 Å². The average Bonchev–Trinajstić information content (AvgIpc) is 2.46. The molecule has 110 valence electrons. The third kappa shape index (κ3) is 3.68. The highest BCUT2D eigenvalue weighted by Gasteiger charge is 2.14. The van der Waals surface area contributed by atoms with Crippen LogP contribution >= 0.6 is 0 Å². The van der Waals surface area contributed by atoms with Gasteiger partial charge < -0.3 is 5.11 Å². The predicted molar refractivity (Wildman–Crippen MR) is 78.6 cm³/mol. The van der Waals surface area contributed by atoms with Crippen LogP contribution in [-0.4, -0.2) is 19.5 Å². The first-order valence-corrected chi connectivity index (χ1v) is 7.76. The average molecular weight is 305 g/mol. The molecule has 0 unspecified atom stereocenters. The first kappa shape index (κ1) is 15.2. The smallest absolute Gasteiger partial charge is 0.335 e. The Morgan fingerprint density at radius 1 is 1.10 bits per heavy atom.